The number of ether oxygens (including phenoxy) is 1. The Morgan fingerprint density at radius 3 is 2.70 bits per heavy atom. The van der Waals surface area contributed by atoms with Gasteiger partial charge in [0.05, 0.1) is 24.8 Å². The second-order valence-electron chi connectivity index (χ2n) is 6.01. The van der Waals surface area contributed by atoms with Crippen LogP contribution in [0.2, 0.25) is 0 Å². The van der Waals surface area contributed by atoms with Crippen LogP contribution in [0, 0.1) is 0 Å². The van der Waals surface area contributed by atoms with Gasteiger partial charge in [0.15, 0.2) is 29.3 Å². The van der Waals surface area contributed by atoms with Crippen molar-refractivity contribution in [1.29, 1.82) is 0 Å². The van der Waals surface area contributed by atoms with Gasteiger partial charge in [-0.25, -0.2) is 14.8 Å². The molecule has 0 radical (unpaired) electrons. The fraction of sp³-hybridized carbons (Fsp3) is 0.357. The smallest absolute Gasteiger partial charge is 0.252 e. The number of hydrazine groups is 1. The van der Waals surface area contributed by atoms with Crippen molar-refractivity contribution < 1.29 is 24.9 Å². The predicted octanol–water partition coefficient (Wildman–Crippen LogP) is -3.14. The van der Waals surface area contributed by atoms with Crippen LogP contribution in [0.15, 0.2) is 23.9 Å². The molecule has 27 heavy (non-hydrogen) atoms. The topological polar surface area (TPSA) is 198 Å². The number of nitrogens with one attached hydrogen (secondary N) is 1. The third-order valence-corrected chi connectivity index (χ3v) is 4.33. The third kappa shape index (κ3) is 2.58. The van der Waals surface area contributed by atoms with E-state index in [2.05, 4.69) is 20.4 Å². The number of aromatic nitrogens is 4. The lowest BCUT2D eigenvalue weighted by molar-refractivity contribution is -0.0511. The molecule has 4 heterocycles. The van der Waals surface area contributed by atoms with Gasteiger partial charge in [0.25, 0.3) is 5.95 Å². The second kappa shape index (κ2) is 6.19. The first kappa shape index (κ1) is 17.2. The zero-order valence-corrected chi connectivity index (χ0v) is 13.7. The largest absolute Gasteiger partial charge is 0.395 e. The van der Waals surface area contributed by atoms with E-state index in [9.17, 15) is 20.1 Å². The summed E-state index contributed by atoms with van der Waals surface area (Å²) >= 11 is 0. The van der Waals surface area contributed by atoms with Crippen LogP contribution in [-0.4, -0.2) is 65.7 Å². The Kier molecular flexibility index (Phi) is 3.95. The summed E-state index contributed by atoms with van der Waals surface area (Å²) in [7, 11) is 0. The van der Waals surface area contributed by atoms with Crippen molar-refractivity contribution in [2.75, 3.05) is 17.3 Å². The molecular weight excluding hydrogens is 360 g/mol. The lowest BCUT2D eigenvalue weighted by atomic mass is 10.1. The summed E-state index contributed by atoms with van der Waals surface area (Å²) in [6, 6.07) is 0. The van der Waals surface area contributed by atoms with Crippen LogP contribution in [0.4, 0.5) is 11.8 Å². The van der Waals surface area contributed by atoms with Gasteiger partial charge in [-0.2, -0.15) is 9.97 Å². The number of carbonyl (C=O) groups excluding carboxylic acids is 1. The average Bonchev–Trinajstić information content (AvgIpc) is 3.32. The Hall–Kier alpha value is -3.22. The van der Waals surface area contributed by atoms with E-state index in [0.29, 0.717) is 0 Å². The fourth-order valence-electron chi connectivity index (χ4n) is 2.94. The molecule has 4 rings (SSSR count). The highest BCUT2D eigenvalue weighted by Crippen LogP contribution is 2.32. The normalized spacial score (nSPS) is 27.7. The van der Waals surface area contributed by atoms with Crippen LogP contribution < -0.4 is 21.9 Å². The van der Waals surface area contributed by atoms with Crippen molar-refractivity contribution in [1.82, 2.24) is 24.9 Å². The van der Waals surface area contributed by atoms with E-state index in [-0.39, 0.29) is 34.3 Å². The minimum atomic E-state index is -1.32. The molecule has 2 aromatic rings. The standard InChI is InChI=1S/C14H16N8O5/c15-5-1-22(20-6(5)2-23)14-18-11(16)8-12(19-14)21(4-17-8)13-10(26)9(25)7(3-24)27-13/h1,4,7,9-10,13,20,24-26H,3,15H2,(H2,16,18,19)/t7-,9-,10-,13-/m1/s1. The van der Waals surface area contributed by atoms with Gasteiger partial charge in [0, 0.05) is 0 Å². The summed E-state index contributed by atoms with van der Waals surface area (Å²) in [5, 5.41) is 30.7. The number of nitrogen functional groups attached to an aromatic ring is 1. The molecular formula is C14H16N8O5. The Morgan fingerprint density at radius 1 is 1.30 bits per heavy atom. The summed E-state index contributed by atoms with van der Waals surface area (Å²) in [4.78, 5) is 23.4. The number of hydrogen-bond donors (Lipinski definition) is 6. The van der Waals surface area contributed by atoms with Crippen molar-refractivity contribution in [2.45, 2.75) is 24.5 Å². The molecule has 2 aromatic heterocycles. The van der Waals surface area contributed by atoms with Crippen molar-refractivity contribution >= 4 is 28.9 Å². The van der Waals surface area contributed by atoms with E-state index < -0.39 is 31.1 Å². The summed E-state index contributed by atoms with van der Waals surface area (Å²) in [6.07, 6.45) is -1.87. The quantitative estimate of drug-likeness (QED) is 0.295. The lowest BCUT2D eigenvalue weighted by Crippen LogP contribution is -2.33. The Morgan fingerprint density at radius 2 is 2.07 bits per heavy atom. The van der Waals surface area contributed by atoms with Crippen LogP contribution in [0.1, 0.15) is 6.23 Å². The minimum absolute atomic E-state index is 0.0224. The molecule has 13 nitrogen and oxygen atoms in total. The molecule has 2 aliphatic heterocycles. The molecule has 0 aromatic carbocycles. The number of rotatable bonds is 3. The number of nitrogens with zero attached hydrogens (tertiary/aromatic N) is 5. The number of nitrogens with two attached hydrogens (primary N) is 2. The first-order valence-electron chi connectivity index (χ1n) is 7.85. The lowest BCUT2D eigenvalue weighted by Gasteiger charge is -2.18. The fourth-order valence-corrected chi connectivity index (χ4v) is 2.94. The molecule has 4 atom stereocenters. The van der Waals surface area contributed by atoms with E-state index >= 15 is 0 Å². The minimum Gasteiger partial charge on any atom is -0.395 e. The van der Waals surface area contributed by atoms with Crippen LogP contribution in [0.5, 0.6) is 0 Å². The van der Waals surface area contributed by atoms with Gasteiger partial charge in [0.2, 0.25) is 0 Å². The molecule has 0 saturated carbocycles. The van der Waals surface area contributed by atoms with Gasteiger partial charge < -0.3 is 31.5 Å². The van der Waals surface area contributed by atoms with E-state index in [1.807, 2.05) is 0 Å². The molecule has 1 saturated heterocycles. The van der Waals surface area contributed by atoms with Gasteiger partial charge >= 0.3 is 0 Å². The molecule has 142 valence electrons. The zero-order chi connectivity index (χ0) is 19.3. The molecule has 13 heteroatoms. The first-order valence-corrected chi connectivity index (χ1v) is 7.85. The van der Waals surface area contributed by atoms with Crippen LogP contribution in [-0.2, 0) is 9.53 Å². The highest BCUT2D eigenvalue weighted by Gasteiger charge is 2.44. The van der Waals surface area contributed by atoms with Crippen molar-refractivity contribution in [3.8, 4) is 0 Å². The average molecular weight is 376 g/mol. The number of anilines is 2. The number of hydrogen-bond acceptors (Lipinski definition) is 12. The van der Waals surface area contributed by atoms with Gasteiger partial charge in [-0.15, -0.1) is 0 Å². The SMILES string of the molecule is NC1=CN(c2nc(N)c3ncn([C@@H]4O[C@H](CO)[C@@H](O)[C@H]4O)c3n2)NC1=C=O. The predicted molar refractivity (Wildman–Crippen MR) is 89.8 cm³/mol. The van der Waals surface area contributed by atoms with E-state index in [4.69, 9.17) is 16.2 Å². The Labute approximate surface area is 151 Å². The van der Waals surface area contributed by atoms with E-state index in [1.165, 1.54) is 22.1 Å². The molecule has 2 aliphatic rings. The zero-order valence-electron chi connectivity index (χ0n) is 13.7. The van der Waals surface area contributed by atoms with E-state index in [1.54, 1.807) is 5.94 Å². The summed E-state index contributed by atoms with van der Waals surface area (Å²) in [5.41, 5.74) is 14.9. The summed E-state index contributed by atoms with van der Waals surface area (Å²) in [6.45, 7) is -0.466. The monoisotopic (exact) mass is 376 g/mol. The number of aliphatic hydroxyl groups is 3. The Bertz CT molecular complexity index is 983. The maximum Gasteiger partial charge on any atom is 0.252 e. The molecule has 0 amide bonds. The van der Waals surface area contributed by atoms with Crippen LogP contribution in [0.3, 0.4) is 0 Å². The molecule has 0 spiro atoms. The maximum absolute atomic E-state index is 10.8. The molecule has 1 fully saturated rings. The van der Waals surface area contributed by atoms with Gasteiger partial charge in [-0.05, 0) is 0 Å². The summed E-state index contributed by atoms with van der Waals surface area (Å²) in [5.74, 6) is 1.75. The van der Waals surface area contributed by atoms with Gasteiger partial charge in [-0.3, -0.25) is 9.99 Å². The highest BCUT2D eigenvalue weighted by molar-refractivity contribution is 5.83. The highest BCUT2D eigenvalue weighted by atomic mass is 16.6. The molecule has 0 aliphatic carbocycles. The summed E-state index contributed by atoms with van der Waals surface area (Å²) < 4.78 is 6.87. The van der Waals surface area contributed by atoms with Crippen molar-refractivity contribution in [2.24, 2.45) is 5.73 Å². The third-order valence-electron chi connectivity index (χ3n) is 4.33. The molecule has 8 N–H and O–H groups in total. The van der Waals surface area contributed by atoms with Crippen LogP contribution >= 0.6 is 0 Å². The van der Waals surface area contributed by atoms with Crippen molar-refractivity contribution in [3.05, 3.63) is 23.9 Å². The van der Waals surface area contributed by atoms with Crippen LogP contribution in [0.25, 0.3) is 11.2 Å². The Balaban J connectivity index is 1.77. The maximum atomic E-state index is 10.8. The van der Waals surface area contributed by atoms with Gasteiger partial charge in [-0.1, -0.05) is 0 Å². The first-order chi connectivity index (χ1) is 12.9. The molecule has 0 unspecified atom stereocenters. The van der Waals surface area contributed by atoms with Crippen molar-refractivity contribution in [3.63, 3.8) is 0 Å². The second-order valence-corrected chi connectivity index (χ2v) is 6.01. The number of fused-ring (bicyclic) bond motifs is 1. The number of aliphatic hydroxyl groups excluding tert-OH is 3. The molecule has 0 bridgehead atoms. The van der Waals surface area contributed by atoms with Gasteiger partial charge in [0.1, 0.15) is 23.8 Å². The number of imidazole rings is 1. The van der Waals surface area contributed by atoms with E-state index in [0.717, 1.165) is 0 Å².